The molecule has 0 spiro atoms. The van der Waals surface area contributed by atoms with Crippen LogP contribution in [0.3, 0.4) is 0 Å². The molecule has 0 radical (unpaired) electrons. The van der Waals surface area contributed by atoms with Gasteiger partial charge in [0.1, 0.15) is 0 Å². The van der Waals surface area contributed by atoms with Gasteiger partial charge in [0.05, 0.1) is 20.8 Å². The molecule has 1 aliphatic heterocycles. The molecule has 2 aromatic rings. The molecule has 8 heteroatoms. The van der Waals surface area contributed by atoms with Crippen LogP contribution in [0.4, 0.5) is 11.4 Å². The minimum atomic E-state index is -0.345. The van der Waals surface area contributed by atoms with Gasteiger partial charge in [-0.2, -0.15) is 0 Å². The number of anilines is 2. The van der Waals surface area contributed by atoms with E-state index >= 15 is 0 Å². The number of benzene rings is 2. The Morgan fingerprint density at radius 1 is 1.04 bits per heavy atom. The molecule has 3 rings (SSSR count). The lowest BCUT2D eigenvalue weighted by Gasteiger charge is -2.19. The van der Waals surface area contributed by atoms with Gasteiger partial charge in [0.25, 0.3) is 5.91 Å². The van der Waals surface area contributed by atoms with E-state index in [0.717, 1.165) is 18.8 Å². The molecule has 0 atom stereocenters. The molecule has 28 heavy (non-hydrogen) atoms. The largest absolute Gasteiger partial charge is 0.481 e. The molecule has 1 N–H and O–H groups in total. The molecule has 4 nitrogen and oxygen atoms in total. The van der Waals surface area contributed by atoms with Gasteiger partial charge in [0.2, 0.25) is 0 Å². The molecule has 0 bridgehead atoms. The fourth-order valence-corrected chi connectivity index (χ4v) is 4.29. The molecule has 150 valence electrons. The van der Waals surface area contributed by atoms with Crippen molar-refractivity contribution in [1.82, 2.24) is 0 Å². The van der Waals surface area contributed by atoms with Gasteiger partial charge < -0.3 is 15.0 Å². The summed E-state index contributed by atoms with van der Waals surface area (Å²) < 4.78 is 5.58. The van der Waals surface area contributed by atoms with E-state index < -0.39 is 0 Å². The van der Waals surface area contributed by atoms with E-state index in [1.807, 2.05) is 12.1 Å². The maximum atomic E-state index is 12.3. The van der Waals surface area contributed by atoms with Crippen molar-refractivity contribution in [3.63, 3.8) is 0 Å². The molecule has 0 aliphatic carbocycles. The summed E-state index contributed by atoms with van der Waals surface area (Å²) in [6, 6.07) is 5.49. The van der Waals surface area contributed by atoms with Gasteiger partial charge in [0, 0.05) is 23.8 Å². The quantitative estimate of drug-likeness (QED) is 0.549. The second-order valence-electron chi connectivity index (χ2n) is 6.72. The van der Waals surface area contributed by atoms with Crippen LogP contribution in [0, 0.1) is 13.8 Å². The summed E-state index contributed by atoms with van der Waals surface area (Å²) in [7, 11) is 0. The van der Waals surface area contributed by atoms with Gasteiger partial charge in [-0.3, -0.25) is 4.79 Å². The van der Waals surface area contributed by atoms with Gasteiger partial charge in [0.15, 0.2) is 12.4 Å². The van der Waals surface area contributed by atoms with E-state index in [9.17, 15) is 4.79 Å². The Morgan fingerprint density at radius 2 is 1.64 bits per heavy atom. The number of amides is 1. The normalized spacial score (nSPS) is 13.7. The fraction of sp³-hybridized carbons (Fsp3) is 0.350. The van der Waals surface area contributed by atoms with E-state index in [4.69, 9.17) is 51.1 Å². The molecule has 1 fully saturated rings. The third-order valence-electron chi connectivity index (χ3n) is 4.74. The average Bonchev–Trinajstić information content (AvgIpc) is 3.19. The zero-order valence-electron chi connectivity index (χ0n) is 15.5. The third kappa shape index (κ3) is 4.46. The monoisotopic (exact) mass is 460 g/mol. The predicted molar refractivity (Wildman–Crippen MR) is 118 cm³/mol. The van der Waals surface area contributed by atoms with Crippen LogP contribution < -0.4 is 15.0 Å². The van der Waals surface area contributed by atoms with Crippen molar-refractivity contribution < 1.29 is 9.53 Å². The van der Waals surface area contributed by atoms with Crippen LogP contribution in [0.5, 0.6) is 5.75 Å². The maximum Gasteiger partial charge on any atom is 0.262 e. The van der Waals surface area contributed by atoms with Gasteiger partial charge >= 0.3 is 0 Å². The number of nitrogens with one attached hydrogen (secondary N) is 1. The van der Waals surface area contributed by atoms with Gasteiger partial charge in [-0.25, -0.2) is 0 Å². The predicted octanol–water partition coefficient (Wildman–Crippen LogP) is 6.53. The Morgan fingerprint density at radius 3 is 2.21 bits per heavy atom. The lowest BCUT2D eigenvalue weighted by molar-refractivity contribution is -0.118. The minimum Gasteiger partial charge on any atom is -0.481 e. The molecule has 1 heterocycles. The van der Waals surface area contributed by atoms with Crippen LogP contribution in [0.25, 0.3) is 0 Å². The molecule has 2 aromatic carbocycles. The number of rotatable bonds is 5. The zero-order chi connectivity index (χ0) is 20.4. The summed E-state index contributed by atoms with van der Waals surface area (Å²) in [5.74, 6) is -0.0947. The molecule has 0 aromatic heterocycles. The highest BCUT2D eigenvalue weighted by Crippen LogP contribution is 2.42. The Bertz CT molecular complexity index is 883. The van der Waals surface area contributed by atoms with Crippen LogP contribution in [-0.2, 0) is 4.79 Å². The first kappa shape index (κ1) is 21.4. The van der Waals surface area contributed by atoms with Crippen molar-refractivity contribution in [2.45, 2.75) is 26.7 Å². The summed E-state index contributed by atoms with van der Waals surface area (Å²) in [4.78, 5) is 14.5. The number of carbonyl (C=O) groups is 1. The summed E-state index contributed by atoms with van der Waals surface area (Å²) in [5, 5.41) is 4.46. The number of hydrogen-bond donors (Lipinski definition) is 1. The van der Waals surface area contributed by atoms with Crippen molar-refractivity contribution >= 4 is 63.7 Å². The minimum absolute atomic E-state index is 0.245. The van der Waals surface area contributed by atoms with Crippen molar-refractivity contribution in [3.8, 4) is 5.75 Å². The highest BCUT2D eigenvalue weighted by molar-refractivity contribution is 6.42. The van der Waals surface area contributed by atoms with Crippen LogP contribution >= 0.6 is 46.4 Å². The fourth-order valence-electron chi connectivity index (χ4n) is 3.17. The van der Waals surface area contributed by atoms with Gasteiger partial charge in [-0.1, -0.05) is 46.4 Å². The first-order chi connectivity index (χ1) is 13.3. The smallest absolute Gasteiger partial charge is 0.262 e. The Balaban J connectivity index is 1.66. The van der Waals surface area contributed by atoms with E-state index in [-0.39, 0.29) is 18.3 Å². The summed E-state index contributed by atoms with van der Waals surface area (Å²) in [6.45, 7) is 5.29. The lowest BCUT2D eigenvalue weighted by atomic mass is 10.1. The van der Waals surface area contributed by atoms with Crippen LogP contribution in [-0.4, -0.2) is 25.6 Å². The van der Waals surface area contributed by atoms with E-state index in [1.54, 1.807) is 19.9 Å². The Kier molecular flexibility index (Phi) is 6.87. The highest BCUT2D eigenvalue weighted by atomic mass is 35.5. The van der Waals surface area contributed by atoms with Crippen LogP contribution in [0.15, 0.2) is 18.2 Å². The van der Waals surface area contributed by atoms with Gasteiger partial charge in [-0.05, 0) is 56.0 Å². The van der Waals surface area contributed by atoms with E-state index in [1.165, 1.54) is 12.8 Å². The van der Waals surface area contributed by atoms with Crippen LogP contribution in [0.1, 0.15) is 24.0 Å². The van der Waals surface area contributed by atoms with Crippen molar-refractivity contribution in [2.24, 2.45) is 0 Å². The molecule has 1 amide bonds. The number of nitrogens with zero attached hydrogens (tertiary/aromatic N) is 1. The molecular formula is C20H20Cl4N2O2. The first-order valence-corrected chi connectivity index (χ1v) is 10.4. The second-order valence-corrected chi connectivity index (χ2v) is 8.26. The number of hydrogen-bond acceptors (Lipinski definition) is 3. The standard InChI is InChI=1S/C20H20Cl4N2O2/c1-11-17(22)12(2)19(24)20(18(11)23)28-10-16(27)25-13-5-6-15(14(21)9-13)26-7-3-4-8-26/h5-6,9H,3-4,7-8,10H2,1-2H3,(H,25,27). The number of ether oxygens (including phenoxy) is 1. The third-order valence-corrected chi connectivity index (χ3v) is 6.52. The van der Waals surface area contributed by atoms with E-state index in [0.29, 0.717) is 36.9 Å². The van der Waals surface area contributed by atoms with Crippen molar-refractivity contribution in [1.29, 1.82) is 0 Å². The SMILES string of the molecule is Cc1c(Cl)c(C)c(Cl)c(OCC(=O)Nc2ccc(N3CCCC3)c(Cl)c2)c1Cl. The lowest BCUT2D eigenvalue weighted by Crippen LogP contribution is -2.21. The molecule has 0 saturated carbocycles. The second kappa shape index (κ2) is 9.00. The van der Waals surface area contributed by atoms with Gasteiger partial charge in [-0.15, -0.1) is 0 Å². The topological polar surface area (TPSA) is 41.6 Å². The Hall–Kier alpha value is -1.33. The van der Waals surface area contributed by atoms with Crippen molar-refractivity contribution in [2.75, 3.05) is 29.9 Å². The summed E-state index contributed by atoms with van der Waals surface area (Å²) >= 11 is 25.1. The van der Waals surface area contributed by atoms with E-state index in [2.05, 4.69) is 10.2 Å². The number of halogens is 4. The summed E-state index contributed by atoms with van der Waals surface area (Å²) in [5.41, 5.74) is 2.90. The van der Waals surface area contributed by atoms with Crippen molar-refractivity contribution in [3.05, 3.63) is 49.4 Å². The number of carbonyl (C=O) groups excluding carboxylic acids is 1. The van der Waals surface area contributed by atoms with Crippen LogP contribution in [0.2, 0.25) is 20.1 Å². The molecular weight excluding hydrogens is 442 g/mol. The first-order valence-electron chi connectivity index (χ1n) is 8.90. The highest BCUT2D eigenvalue weighted by Gasteiger charge is 2.19. The molecule has 0 unspecified atom stereocenters. The average molecular weight is 462 g/mol. The molecule has 1 saturated heterocycles. The zero-order valence-corrected chi connectivity index (χ0v) is 18.6. The molecule has 1 aliphatic rings. The maximum absolute atomic E-state index is 12.3. The summed E-state index contributed by atoms with van der Waals surface area (Å²) in [6.07, 6.45) is 2.34. The Labute approximate surface area is 184 Å².